The number of allylic oxidation sites excluding steroid dienone is 9. The molecule has 1 aliphatic carbocycles. The Balaban J connectivity index is 2.35. The van der Waals surface area contributed by atoms with Crippen LogP contribution in [0, 0.1) is 5.92 Å². The number of hydrogen-bond donors (Lipinski definition) is 0. The molecule has 0 amide bonds. The van der Waals surface area contributed by atoms with Gasteiger partial charge in [0, 0.05) is 5.92 Å². The topological polar surface area (TPSA) is 0 Å². The van der Waals surface area contributed by atoms with Gasteiger partial charge in [-0.15, -0.1) is 0 Å². The van der Waals surface area contributed by atoms with Gasteiger partial charge in [-0.25, -0.2) is 0 Å². The summed E-state index contributed by atoms with van der Waals surface area (Å²) in [5.41, 5.74) is 1.40. The molecule has 2 aliphatic rings. The van der Waals surface area contributed by atoms with E-state index in [0.717, 1.165) is 0 Å². The molecule has 0 aromatic carbocycles. The summed E-state index contributed by atoms with van der Waals surface area (Å²) in [7, 11) is 0. The molecule has 0 radical (unpaired) electrons. The van der Waals surface area contributed by atoms with Gasteiger partial charge in [0.05, 0.1) is 0 Å². The molecular weight excluding hydrogens is 271 g/mol. The number of fused-ring (bicyclic) bond motifs is 1. The van der Waals surface area contributed by atoms with Crippen molar-refractivity contribution in [3.8, 4) is 0 Å². The lowest BCUT2D eigenvalue weighted by Gasteiger charge is -2.10. The van der Waals surface area contributed by atoms with Crippen molar-refractivity contribution >= 4 is 24.7 Å². The molecule has 0 N–H and O–H groups in total. The summed E-state index contributed by atoms with van der Waals surface area (Å²) in [6.07, 6.45) is 17.2. The van der Waals surface area contributed by atoms with Crippen molar-refractivity contribution in [2.45, 2.75) is 0 Å². The first-order valence-electron chi connectivity index (χ1n) is 4.30. The van der Waals surface area contributed by atoms with E-state index < -0.39 is 0 Å². The second-order valence-corrected chi connectivity index (χ2v) is 5.05. The molecular formula is C12H11I. The van der Waals surface area contributed by atoms with Gasteiger partial charge in [0.15, 0.2) is 0 Å². The van der Waals surface area contributed by atoms with Crippen LogP contribution in [-0.4, -0.2) is 4.01 Å². The van der Waals surface area contributed by atoms with Gasteiger partial charge in [0.2, 0.25) is 0 Å². The van der Waals surface area contributed by atoms with E-state index in [2.05, 4.69) is 56.7 Å². The SMILES string of the molecule is C1=C\C2=C/C=C\C=C/C=C\C2C=I1. The molecule has 0 saturated carbocycles. The summed E-state index contributed by atoms with van der Waals surface area (Å²) in [4.78, 5) is 0. The minimum absolute atomic E-state index is 0.193. The van der Waals surface area contributed by atoms with Crippen LogP contribution >= 0.6 is 20.7 Å². The zero-order valence-electron chi connectivity index (χ0n) is 7.23. The first-order chi connectivity index (χ1) is 6.47. The maximum absolute atomic E-state index is 2.44. The molecule has 13 heavy (non-hydrogen) atoms. The molecule has 66 valence electrons. The molecule has 0 aromatic rings. The third kappa shape index (κ3) is 2.37. The number of rotatable bonds is 0. The van der Waals surface area contributed by atoms with Crippen molar-refractivity contribution in [1.82, 2.24) is 0 Å². The Morgan fingerprint density at radius 2 is 1.85 bits per heavy atom. The monoisotopic (exact) mass is 282 g/mol. The molecule has 0 fully saturated rings. The second kappa shape index (κ2) is 4.51. The quantitative estimate of drug-likeness (QED) is 0.596. The number of halogens is 1. The van der Waals surface area contributed by atoms with Crippen LogP contribution in [-0.2, 0) is 0 Å². The molecule has 1 aliphatic heterocycles. The van der Waals surface area contributed by atoms with Crippen molar-refractivity contribution in [2.75, 3.05) is 0 Å². The van der Waals surface area contributed by atoms with Gasteiger partial charge < -0.3 is 0 Å². The summed E-state index contributed by atoms with van der Waals surface area (Å²) in [5, 5.41) is 0. The normalized spacial score (nSPS) is 36.6. The largest absolute Gasteiger partial charge is 0.0972 e. The van der Waals surface area contributed by atoms with Gasteiger partial charge >= 0.3 is 0 Å². The lowest BCUT2D eigenvalue weighted by molar-refractivity contribution is 1.11. The molecule has 0 spiro atoms. The van der Waals surface area contributed by atoms with Gasteiger partial charge in [-0.1, -0.05) is 69.3 Å². The van der Waals surface area contributed by atoms with E-state index in [4.69, 9.17) is 0 Å². The summed E-state index contributed by atoms with van der Waals surface area (Å²) in [6.45, 7) is 0. The van der Waals surface area contributed by atoms with Gasteiger partial charge in [-0.05, 0) is 13.7 Å². The first-order valence-corrected chi connectivity index (χ1v) is 6.79. The van der Waals surface area contributed by atoms with Crippen LogP contribution in [0.15, 0.2) is 58.3 Å². The lowest BCUT2D eigenvalue weighted by atomic mass is 10.0. The van der Waals surface area contributed by atoms with E-state index in [9.17, 15) is 0 Å². The first kappa shape index (κ1) is 8.88. The summed E-state index contributed by atoms with van der Waals surface area (Å²) >= 11 is 0.193. The van der Waals surface area contributed by atoms with Gasteiger partial charge in [0.25, 0.3) is 0 Å². The highest BCUT2D eigenvalue weighted by Gasteiger charge is 2.06. The van der Waals surface area contributed by atoms with Crippen molar-refractivity contribution in [1.29, 1.82) is 0 Å². The second-order valence-electron chi connectivity index (χ2n) is 2.89. The van der Waals surface area contributed by atoms with Crippen LogP contribution in [0.5, 0.6) is 0 Å². The highest BCUT2D eigenvalue weighted by Crippen LogP contribution is 2.22. The summed E-state index contributed by atoms with van der Waals surface area (Å²) in [5.74, 6) is 0.546. The zero-order valence-corrected chi connectivity index (χ0v) is 9.39. The Morgan fingerprint density at radius 3 is 2.85 bits per heavy atom. The number of hydrogen-bond acceptors (Lipinski definition) is 0. The van der Waals surface area contributed by atoms with E-state index in [1.165, 1.54) is 5.57 Å². The highest BCUT2D eigenvalue weighted by atomic mass is 127. The third-order valence-corrected chi connectivity index (χ3v) is 3.94. The molecule has 1 heteroatoms. The Morgan fingerprint density at radius 1 is 1.00 bits per heavy atom. The van der Waals surface area contributed by atoms with Gasteiger partial charge in [-0.3, -0.25) is 0 Å². The minimum Gasteiger partial charge on any atom is -0.0972 e. The van der Waals surface area contributed by atoms with Crippen LogP contribution in [0.25, 0.3) is 0 Å². The van der Waals surface area contributed by atoms with E-state index in [-0.39, 0.29) is 20.7 Å². The highest BCUT2D eigenvalue weighted by molar-refractivity contribution is 14.2. The Kier molecular flexibility index (Phi) is 3.08. The van der Waals surface area contributed by atoms with Gasteiger partial charge in [0.1, 0.15) is 0 Å². The maximum Gasteiger partial charge on any atom is 0.0258 e. The predicted molar refractivity (Wildman–Crippen MR) is 68.2 cm³/mol. The standard InChI is InChI=1S/C12H11I/c1-2-4-6-11-8-9-13-10-12(11)7-5-3-1/h1-10,12H/b3-1-,4-2-,7-5-,11-6+. The molecule has 0 aromatic heterocycles. The van der Waals surface area contributed by atoms with Crippen LogP contribution < -0.4 is 0 Å². The van der Waals surface area contributed by atoms with Crippen molar-refractivity contribution in [3.05, 3.63) is 58.3 Å². The van der Waals surface area contributed by atoms with Crippen molar-refractivity contribution in [3.63, 3.8) is 0 Å². The third-order valence-electron chi connectivity index (χ3n) is 1.97. The van der Waals surface area contributed by atoms with E-state index >= 15 is 0 Å². The minimum atomic E-state index is 0.193. The summed E-state index contributed by atoms with van der Waals surface area (Å²) in [6, 6.07) is 0. The van der Waals surface area contributed by atoms with Crippen LogP contribution in [0.4, 0.5) is 0 Å². The molecule has 1 atom stereocenters. The average Bonchev–Trinajstić information content (AvgIpc) is 2.28. The van der Waals surface area contributed by atoms with Crippen LogP contribution in [0.1, 0.15) is 0 Å². The Hall–Kier alpha value is -0.700. The average molecular weight is 282 g/mol. The molecule has 0 nitrogen and oxygen atoms in total. The Labute approximate surface area is 88.8 Å². The fourth-order valence-corrected chi connectivity index (χ4v) is 3.24. The van der Waals surface area contributed by atoms with Crippen LogP contribution in [0.2, 0.25) is 0 Å². The van der Waals surface area contributed by atoms with Gasteiger partial charge in [-0.2, -0.15) is 0 Å². The van der Waals surface area contributed by atoms with E-state index in [0.29, 0.717) is 5.92 Å². The molecule has 0 bridgehead atoms. The maximum atomic E-state index is 2.44. The zero-order chi connectivity index (χ0) is 8.93. The van der Waals surface area contributed by atoms with E-state index in [1.54, 1.807) is 0 Å². The fraction of sp³-hybridized carbons (Fsp3) is 0.0833. The van der Waals surface area contributed by atoms with Crippen molar-refractivity contribution < 1.29 is 0 Å². The summed E-state index contributed by atoms with van der Waals surface area (Å²) < 4.78 is 4.75. The predicted octanol–water partition coefficient (Wildman–Crippen LogP) is 3.51. The lowest BCUT2D eigenvalue weighted by Crippen LogP contribution is -2.00. The van der Waals surface area contributed by atoms with E-state index in [1.807, 2.05) is 0 Å². The Bertz CT molecular complexity index is 351. The van der Waals surface area contributed by atoms with Crippen LogP contribution in [0.3, 0.4) is 0 Å². The molecule has 0 saturated heterocycles. The molecule has 1 heterocycles. The molecule has 2 rings (SSSR count). The van der Waals surface area contributed by atoms with Crippen molar-refractivity contribution in [2.24, 2.45) is 5.92 Å². The molecule has 1 unspecified atom stereocenters. The smallest absolute Gasteiger partial charge is 0.0258 e. The fourth-order valence-electron chi connectivity index (χ4n) is 1.28.